The van der Waals surface area contributed by atoms with E-state index < -0.39 is 10.1 Å². The first-order valence-electron chi connectivity index (χ1n) is 5.24. The van der Waals surface area contributed by atoms with Gasteiger partial charge in [-0.05, 0) is 31.9 Å². The Balaban J connectivity index is 2.18. The van der Waals surface area contributed by atoms with Gasteiger partial charge in [0.25, 0.3) is 10.1 Å². The van der Waals surface area contributed by atoms with Gasteiger partial charge < -0.3 is 0 Å². The molecule has 0 amide bonds. The van der Waals surface area contributed by atoms with E-state index in [9.17, 15) is 8.42 Å². The Morgan fingerprint density at radius 3 is 2.50 bits per heavy atom. The summed E-state index contributed by atoms with van der Waals surface area (Å²) in [5.41, 5.74) is 1.03. The average Bonchev–Trinajstić information content (AvgIpc) is 2.70. The van der Waals surface area contributed by atoms with E-state index in [2.05, 4.69) is 0 Å². The van der Waals surface area contributed by atoms with E-state index >= 15 is 0 Å². The molecule has 0 saturated carbocycles. The fraction of sp³-hybridized carbons (Fsp3) is 0.333. The lowest BCUT2D eigenvalue weighted by atomic mass is 10.2. The normalized spacial score (nSPS) is 20.2. The van der Waals surface area contributed by atoms with Crippen molar-refractivity contribution in [1.29, 1.82) is 0 Å². The zero-order valence-electron chi connectivity index (χ0n) is 9.09. The van der Waals surface area contributed by atoms with Crippen LogP contribution in [0.1, 0.15) is 18.4 Å². The van der Waals surface area contributed by atoms with E-state index in [1.54, 1.807) is 30.3 Å². The summed E-state index contributed by atoms with van der Waals surface area (Å²) in [4.78, 5) is 0.221. The fourth-order valence-electron chi connectivity index (χ4n) is 1.61. The van der Waals surface area contributed by atoms with Crippen molar-refractivity contribution in [2.45, 2.75) is 30.8 Å². The number of benzene rings is 1. The molecule has 1 aromatic carbocycles. The van der Waals surface area contributed by atoms with Gasteiger partial charge in [0.2, 0.25) is 0 Å². The molecular weight excluding hydrogens is 224 g/mol. The minimum atomic E-state index is -3.61. The second-order valence-corrected chi connectivity index (χ2v) is 5.48. The standard InChI is InChI=1S/C12H14O3S/c1-10-6-8-12(9-7-10)16(13,14)15-11-4-2-3-5-11/h2,4,6-9,11H,3,5H2,1H3. The van der Waals surface area contributed by atoms with Crippen molar-refractivity contribution < 1.29 is 12.6 Å². The molecule has 86 valence electrons. The van der Waals surface area contributed by atoms with Crippen LogP contribution in [0.4, 0.5) is 0 Å². The molecule has 3 nitrogen and oxygen atoms in total. The first-order chi connectivity index (χ1) is 7.58. The Hall–Kier alpha value is -1.13. The molecule has 1 aliphatic carbocycles. The van der Waals surface area contributed by atoms with Crippen molar-refractivity contribution in [2.24, 2.45) is 0 Å². The highest BCUT2D eigenvalue weighted by Gasteiger charge is 2.21. The monoisotopic (exact) mass is 238 g/mol. The molecule has 0 heterocycles. The zero-order chi connectivity index (χ0) is 11.6. The van der Waals surface area contributed by atoms with E-state index in [1.807, 2.05) is 13.0 Å². The predicted molar refractivity (Wildman–Crippen MR) is 61.6 cm³/mol. The molecule has 1 aliphatic rings. The molecule has 2 rings (SSSR count). The van der Waals surface area contributed by atoms with E-state index in [0.717, 1.165) is 18.4 Å². The third-order valence-electron chi connectivity index (χ3n) is 2.53. The second-order valence-electron chi connectivity index (χ2n) is 3.91. The van der Waals surface area contributed by atoms with E-state index in [0.29, 0.717) is 0 Å². The summed E-state index contributed by atoms with van der Waals surface area (Å²) in [5, 5.41) is 0. The van der Waals surface area contributed by atoms with Crippen molar-refractivity contribution in [3.8, 4) is 0 Å². The Labute approximate surface area is 95.9 Å². The van der Waals surface area contributed by atoms with E-state index in [-0.39, 0.29) is 11.0 Å². The zero-order valence-corrected chi connectivity index (χ0v) is 9.91. The molecule has 0 aromatic heterocycles. The highest BCUT2D eigenvalue weighted by atomic mass is 32.2. The van der Waals surface area contributed by atoms with Gasteiger partial charge in [-0.15, -0.1) is 0 Å². The molecule has 1 unspecified atom stereocenters. The van der Waals surface area contributed by atoms with Gasteiger partial charge in [-0.3, -0.25) is 4.18 Å². The van der Waals surface area contributed by atoms with Crippen LogP contribution in [0, 0.1) is 6.92 Å². The van der Waals surface area contributed by atoms with Crippen molar-refractivity contribution in [2.75, 3.05) is 0 Å². The van der Waals surface area contributed by atoms with Gasteiger partial charge in [0.1, 0.15) is 0 Å². The lowest BCUT2D eigenvalue weighted by Crippen LogP contribution is -2.14. The highest BCUT2D eigenvalue weighted by molar-refractivity contribution is 7.86. The Kier molecular flexibility index (Phi) is 3.12. The van der Waals surface area contributed by atoms with Gasteiger partial charge in [0, 0.05) is 0 Å². The number of allylic oxidation sites excluding steroid dienone is 1. The minimum Gasteiger partial charge on any atom is -0.259 e. The number of hydrogen-bond donors (Lipinski definition) is 0. The molecule has 0 fully saturated rings. The van der Waals surface area contributed by atoms with E-state index in [1.165, 1.54) is 0 Å². The van der Waals surface area contributed by atoms with Crippen LogP contribution in [0.25, 0.3) is 0 Å². The van der Waals surface area contributed by atoms with Crippen molar-refractivity contribution in [3.05, 3.63) is 42.0 Å². The summed E-state index contributed by atoms with van der Waals surface area (Å²) >= 11 is 0. The molecule has 16 heavy (non-hydrogen) atoms. The van der Waals surface area contributed by atoms with Gasteiger partial charge in [0.15, 0.2) is 0 Å². The van der Waals surface area contributed by atoms with Crippen LogP contribution in [-0.2, 0) is 14.3 Å². The second kappa shape index (κ2) is 4.39. The number of rotatable bonds is 3. The maximum atomic E-state index is 11.8. The van der Waals surface area contributed by atoms with Crippen LogP contribution in [0.15, 0.2) is 41.3 Å². The van der Waals surface area contributed by atoms with Gasteiger partial charge >= 0.3 is 0 Å². The molecule has 0 spiro atoms. The number of aryl methyl sites for hydroxylation is 1. The molecule has 1 atom stereocenters. The van der Waals surface area contributed by atoms with Crippen molar-refractivity contribution in [3.63, 3.8) is 0 Å². The van der Waals surface area contributed by atoms with Crippen LogP contribution in [0.2, 0.25) is 0 Å². The van der Waals surface area contributed by atoms with Crippen LogP contribution >= 0.6 is 0 Å². The summed E-state index contributed by atoms with van der Waals surface area (Å²) in [7, 11) is -3.61. The number of hydrogen-bond acceptors (Lipinski definition) is 3. The molecular formula is C12H14O3S. The highest BCUT2D eigenvalue weighted by Crippen LogP contribution is 2.20. The van der Waals surface area contributed by atoms with Crippen LogP contribution in [0.5, 0.6) is 0 Å². The van der Waals surface area contributed by atoms with Crippen molar-refractivity contribution >= 4 is 10.1 Å². The minimum absolute atomic E-state index is 0.221. The molecule has 0 aliphatic heterocycles. The molecule has 0 bridgehead atoms. The van der Waals surface area contributed by atoms with Crippen LogP contribution in [0.3, 0.4) is 0 Å². The third-order valence-corrected chi connectivity index (χ3v) is 3.88. The van der Waals surface area contributed by atoms with Crippen molar-refractivity contribution in [1.82, 2.24) is 0 Å². The molecule has 0 N–H and O–H groups in total. The molecule has 1 aromatic rings. The Morgan fingerprint density at radius 2 is 1.94 bits per heavy atom. The lowest BCUT2D eigenvalue weighted by Gasteiger charge is -2.10. The van der Waals surface area contributed by atoms with Crippen LogP contribution in [-0.4, -0.2) is 14.5 Å². The molecule has 0 saturated heterocycles. The quantitative estimate of drug-likeness (QED) is 0.600. The Bertz CT molecular complexity index is 486. The summed E-state index contributed by atoms with van der Waals surface area (Å²) in [6.07, 6.45) is 5.06. The summed E-state index contributed by atoms with van der Waals surface area (Å²) in [6.45, 7) is 1.91. The third kappa shape index (κ3) is 2.51. The predicted octanol–water partition coefficient (Wildman–Crippen LogP) is 2.42. The SMILES string of the molecule is Cc1ccc(S(=O)(=O)OC2C=CCC2)cc1. The van der Waals surface area contributed by atoms with Crippen LogP contribution < -0.4 is 0 Å². The van der Waals surface area contributed by atoms with Gasteiger partial charge in [0.05, 0.1) is 11.0 Å². The average molecular weight is 238 g/mol. The molecule has 0 radical (unpaired) electrons. The van der Waals surface area contributed by atoms with E-state index in [4.69, 9.17) is 4.18 Å². The summed E-state index contributed by atoms with van der Waals surface area (Å²) in [5.74, 6) is 0. The summed E-state index contributed by atoms with van der Waals surface area (Å²) in [6, 6.07) is 6.67. The largest absolute Gasteiger partial charge is 0.297 e. The smallest absolute Gasteiger partial charge is 0.259 e. The topological polar surface area (TPSA) is 43.4 Å². The maximum absolute atomic E-state index is 11.8. The first kappa shape index (κ1) is 11.4. The molecule has 4 heteroatoms. The first-order valence-corrected chi connectivity index (χ1v) is 6.65. The Morgan fingerprint density at radius 1 is 1.25 bits per heavy atom. The summed E-state index contributed by atoms with van der Waals surface area (Å²) < 4.78 is 28.8. The van der Waals surface area contributed by atoms with Gasteiger partial charge in [-0.1, -0.05) is 29.8 Å². The lowest BCUT2D eigenvalue weighted by molar-refractivity contribution is 0.255. The van der Waals surface area contributed by atoms with Gasteiger partial charge in [-0.2, -0.15) is 8.42 Å². The van der Waals surface area contributed by atoms with Gasteiger partial charge in [-0.25, -0.2) is 0 Å². The maximum Gasteiger partial charge on any atom is 0.297 e. The fourth-order valence-corrected chi connectivity index (χ4v) is 2.67.